The van der Waals surface area contributed by atoms with Crippen molar-refractivity contribution in [1.29, 1.82) is 0 Å². The SMILES string of the molecule is O=C(c1ccc(F)cc1)C1CCN(c2nc(-c3ccccc3O)nc3ccc(F)cc23)CC1. The number of benzene rings is 3. The van der Waals surface area contributed by atoms with Crippen molar-refractivity contribution >= 4 is 22.5 Å². The monoisotopic (exact) mass is 445 g/mol. The Morgan fingerprint density at radius 1 is 0.909 bits per heavy atom. The zero-order valence-electron chi connectivity index (χ0n) is 17.7. The number of anilines is 1. The number of halogens is 2. The number of Topliss-reactive ketones (excluding diaryl/α,β-unsaturated/α-hetero) is 1. The minimum Gasteiger partial charge on any atom is -0.507 e. The average molecular weight is 445 g/mol. The van der Waals surface area contributed by atoms with E-state index in [1.807, 2.05) is 4.90 Å². The van der Waals surface area contributed by atoms with E-state index in [1.54, 1.807) is 30.3 Å². The predicted octanol–water partition coefficient (Wildman–Crippen LogP) is 5.38. The highest BCUT2D eigenvalue weighted by Crippen LogP contribution is 2.34. The molecule has 1 N–H and O–H groups in total. The number of piperidine rings is 1. The van der Waals surface area contributed by atoms with Crippen molar-refractivity contribution in [2.24, 2.45) is 5.92 Å². The fourth-order valence-corrected chi connectivity index (χ4v) is 4.31. The highest BCUT2D eigenvalue weighted by Gasteiger charge is 2.28. The van der Waals surface area contributed by atoms with Gasteiger partial charge in [-0.05, 0) is 67.4 Å². The minimum absolute atomic E-state index is 0.00290. The van der Waals surface area contributed by atoms with E-state index in [9.17, 15) is 18.7 Å². The van der Waals surface area contributed by atoms with Crippen LogP contribution in [0.2, 0.25) is 0 Å². The first-order valence-electron chi connectivity index (χ1n) is 10.8. The molecular weight excluding hydrogens is 424 g/mol. The van der Waals surface area contributed by atoms with Crippen LogP contribution in [0.4, 0.5) is 14.6 Å². The largest absolute Gasteiger partial charge is 0.507 e. The number of fused-ring (bicyclic) bond motifs is 1. The molecule has 0 unspecified atom stereocenters. The molecule has 1 aromatic heterocycles. The summed E-state index contributed by atoms with van der Waals surface area (Å²) in [6, 6.07) is 16.8. The number of nitrogens with zero attached hydrogens (tertiary/aromatic N) is 3. The number of phenolic OH excluding ortho intramolecular Hbond substituents is 1. The van der Waals surface area contributed by atoms with E-state index in [1.165, 1.54) is 36.4 Å². The van der Waals surface area contributed by atoms with Gasteiger partial charge in [-0.25, -0.2) is 18.7 Å². The molecule has 7 heteroatoms. The molecular formula is C26H21F2N3O2. The Hall–Kier alpha value is -3.87. The van der Waals surface area contributed by atoms with Crippen LogP contribution in [0.15, 0.2) is 66.7 Å². The highest BCUT2D eigenvalue weighted by atomic mass is 19.1. The fraction of sp³-hybridized carbons (Fsp3) is 0.192. The first-order valence-corrected chi connectivity index (χ1v) is 10.8. The summed E-state index contributed by atoms with van der Waals surface area (Å²) in [6.07, 6.45) is 1.20. The van der Waals surface area contributed by atoms with Gasteiger partial charge >= 0.3 is 0 Å². The first-order chi connectivity index (χ1) is 16.0. The number of carbonyl (C=O) groups excluding carboxylic acids is 1. The van der Waals surface area contributed by atoms with Crippen molar-refractivity contribution < 1.29 is 18.7 Å². The van der Waals surface area contributed by atoms with Gasteiger partial charge in [-0.15, -0.1) is 0 Å². The molecule has 0 amide bonds. The Bertz CT molecular complexity index is 1330. The summed E-state index contributed by atoms with van der Waals surface area (Å²) in [7, 11) is 0. The van der Waals surface area contributed by atoms with Crippen molar-refractivity contribution in [2.45, 2.75) is 12.8 Å². The minimum atomic E-state index is -0.385. The van der Waals surface area contributed by atoms with Gasteiger partial charge in [-0.3, -0.25) is 4.79 Å². The maximum Gasteiger partial charge on any atom is 0.166 e. The van der Waals surface area contributed by atoms with Crippen LogP contribution in [0.25, 0.3) is 22.3 Å². The average Bonchev–Trinajstić information content (AvgIpc) is 2.84. The van der Waals surface area contributed by atoms with Gasteiger partial charge in [0.1, 0.15) is 23.2 Å². The van der Waals surface area contributed by atoms with Gasteiger partial charge in [0.25, 0.3) is 0 Å². The molecule has 4 aromatic rings. The number of aromatic hydroxyl groups is 1. The number of phenols is 1. The molecule has 1 aliphatic rings. The molecule has 0 atom stereocenters. The maximum atomic E-state index is 14.1. The molecule has 1 saturated heterocycles. The van der Waals surface area contributed by atoms with Crippen molar-refractivity contribution in [3.05, 3.63) is 83.9 Å². The summed E-state index contributed by atoms with van der Waals surface area (Å²) < 4.78 is 27.3. The highest BCUT2D eigenvalue weighted by molar-refractivity contribution is 5.98. The fourth-order valence-electron chi connectivity index (χ4n) is 4.31. The third-order valence-electron chi connectivity index (χ3n) is 6.08. The van der Waals surface area contributed by atoms with E-state index in [0.717, 1.165) is 0 Å². The summed E-state index contributed by atoms with van der Waals surface area (Å²) in [5, 5.41) is 10.9. The zero-order chi connectivity index (χ0) is 22.9. The number of carbonyl (C=O) groups is 1. The van der Waals surface area contributed by atoms with Gasteiger partial charge in [0.15, 0.2) is 11.6 Å². The molecule has 166 valence electrons. The smallest absolute Gasteiger partial charge is 0.166 e. The van der Waals surface area contributed by atoms with E-state index < -0.39 is 0 Å². The van der Waals surface area contributed by atoms with Crippen molar-refractivity contribution in [2.75, 3.05) is 18.0 Å². The van der Waals surface area contributed by atoms with Crippen LogP contribution in [-0.4, -0.2) is 33.9 Å². The molecule has 5 rings (SSSR count). The number of hydrogen-bond donors (Lipinski definition) is 1. The topological polar surface area (TPSA) is 66.3 Å². The van der Waals surface area contributed by atoms with Crippen LogP contribution in [-0.2, 0) is 0 Å². The van der Waals surface area contributed by atoms with Gasteiger partial charge in [0, 0.05) is 30.0 Å². The molecule has 3 aromatic carbocycles. The number of rotatable bonds is 4. The Morgan fingerprint density at radius 3 is 2.33 bits per heavy atom. The Morgan fingerprint density at radius 2 is 1.61 bits per heavy atom. The van der Waals surface area contributed by atoms with Crippen LogP contribution >= 0.6 is 0 Å². The molecule has 0 saturated carbocycles. The molecule has 5 nitrogen and oxygen atoms in total. The first kappa shape index (κ1) is 21.0. The second-order valence-corrected chi connectivity index (χ2v) is 8.18. The molecule has 0 bridgehead atoms. The number of ketones is 1. The second-order valence-electron chi connectivity index (χ2n) is 8.18. The molecule has 1 fully saturated rings. The third-order valence-corrected chi connectivity index (χ3v) is 6.08. The second kappa shape index (κ2) is 8.58. The van der Waals surface area contributed by atoms with Crippen molar-refractivity contribution in [1.82, 2.24) is 9.97 Å². The Balaban J connectivity index is 1.46. The molecule has 0 aliphatic carbocycles. The predicted molar refractivity (Wildman–Crippen MR) is 122 cm³/mol. The van der Waals surface area contributed by atoms with E-state index in [0.29, 0.717) is 59.6 Å². The van der Waals surface area contributed by atoms with Crippen LogP contribution < -0.4 is 4.90 Å². The normalized spacial score (nSPS) is 14.5. The number of para-hydroxylation sites is 1. The Kier molecular flexibility index (Phi) is 5.46. The zero-order valence-corrected chi connectivity index (χ0v) is 17.7. The lowest BCUT2D eigenvalue weighted by atomic mass is 9.89. The van der Waals surface area contributed by atoms with Gasteiger partial charge < -0.3 is 10.0 Å². The number of aromatic nitrogens is 2. The van der Waals surface area contributed by atoms with Gasteiger partial charge in [0.05, 0.1) is 11.1 Å². The van der Waals surface area contributed by atoms with Crippen LogP contribution in [0.3, 0.4) is 0 Å². The molecule has 33 heavy (non-hydrogen) atoms. The lowest BCUT2D eigenvalue weighted by Gasteiger charge is -2.33. The van der Waals surface area contributed by atoms with Crippen LogP contribution in [0.5, 0.6) is 5.75 Å². The van der Waals surface area contributed by atoms with E-state index in [4.69, 9.17) is 4.98 Å². The molecule has 1 aliphatic heterocycles. The lowest BCUT2D eigenvalue weighted by molar-refractivity contribution is 0.0900. The van der Waals surface area contributed by atoms with Gasteiger partial charge in [-0.1, -0.05) is 12.1 Å². The third kappa shape index (κ3) is 4.14. The van der Waals surface area contributed by atoms with Crippen molar-refractivity contribution in [3.63, 3.8) is 0 Å². The summed E-state index contributed by atoms with van der Waals surface area (Å²) in [4.78, 5) is 24.1. The summed E-state index contributed by atoms with van der Waals surface area (Å²) in [6.45, 7) is 1.11. The van der Waals surface area contributed by atoms with Crippen LogP contribution in [0.1, 0.15) is 23.2 Å². The number of hydrogen-bond acceptors (Lipinski definition) is 5. The molecule has 0 radical (unpaired) electrons. The molecule has 2 heterocycles. The maximum absolute atomic E-state index is 14.1. The van der Waals surface area contributed by atoms with Gasteiger partial charge in [-0.2, -0.15) is 0 Å². The van der Waals surface area contributed by atoms with E-state index >= 15 is 0 Å². The Labute approximate surface area is 189 Å². The molecule has 0 spiro atoms. The van der Waals surface area contributed by atoms with Crippen molar-refractivity contribution in [3.8, 4) is 17.1 Å². The van der Waals surface area contributed by atoms with Crippen LogP contribution in [0, 0.1) is 17.6 Å². The standard InChI is InChI=1S/C26H21F2N3O2/c27-18-7-5-16(6-8-18)24(33)17-11-13-31(14-12-17)26-21-15-19(28)9-10-22(21)29-25(30-26)20-3-1-2-4-23(20)32/h1-10,15,17,32H,11-14H2. The summed E-state index contributed by atoms with van der Waals surface area (Å²) >= 11 is 0. The van der Waals surface area contributed by atoms with E-state index in [2.05, 4.69) is 4.98 Å². The van der Waals surface area contributed by atoms with E-state index in [-0.39, 0.29) is 29.1 Å². The lowest BCUT2D eigenvalue weighted by Crippen LogP contribution is -2.37. The summed E-state index contributed by atoms with van der Waals surface area (Å²) in [5.74, 6) is 0.0662. The van der Waals surface area contributed by atoms with Gasteiger partial charge in [0.2, 0.25) is 0 Å². The summed E-state index contributed by atoms with van der Waals surface area (Å²) in [5.41, 5.74) is 1.57. The quantitative estimate of drug-likeness (QED) is 0.427.